The molecule has 0 radical (unpaired) electrons. The van der Waals surface area contributed by atoms with Crippen molar-refractivity contribution in [3.8, 4) is 0 Å². The Labute approximate surface area is 102 Å². The predicted molar refractivity (Wildman–Crippen MR) is 63.3 cm³/mol. The number of nitro groups is 1. The molecule has 7 heteroatoms. The highest BCUT2D eigenvalue weighted by Crippen LogP contribution is 2.28. The zero-order chi connectivity index (χ0) is 12.4. The van der Waals surface area contributed by atoms with E-state index in [1.165, 1.54) is 12.1 Å². The van der Waals surface area contributed by atoms with Crippen LogP contribution in [0.25, 0.3) is 10.9 Å². The van der Waals surface area contributed by atoms with Gasteiger partial charge < -0.3 is 4.74 Å². The maximum absolute atomic E-state index is 10.7. The van der Waals surface area contributed by atoms with Crippen molar-refractivity contribution in [2.24, 2.45) is 0 Å². The maximum Gasteiger partial charge on any atom is 0.288 e. The van der Waals surface area contributed by atoms with E-state index >= 15 is 0 Å². The molecule has 1 aromatic carbocycles. The van der Waals surface area contributed by atoms with Gasteiger partial charge in [0.25, 0.3) is 5.69 Å². The van der Waals surface area contributed by atoms with Gasteiger partial charge in [0.2, 0.25) is 0 Å². The smallest absolute Gasteiger partial charge is 0.288 e. The van der Waals surface area contributed by atoms with Gasteiger partial charge in [-0.15, -0.1) is 0 Å². The largest absolute Gasteiger partial charge is 0.383 e. The summed E-state index contributed by atoms with van der Waals surface area (Å²) in [7, 11) is 1.60. The van der Waals surface area contributed by atoms with E-state index in [1.54, 1.807) is 18.0 Å². The Morgan fingerprint density at radius 1 is 1.59 bits per heavy atom. The molecule has 0 aliphatic rings. The first-order valence-electron chi connectivity index (χ1n) is 4.92. The van der Waals surface area contributed by atoms with Crippen LogP contribution in [0, 0.1) is 10.1 Å². The number of hydrogen-bond acceptors (Lipinski definition) is 4. The van der Waals surface area contributed by atoms with E-state index in [0.29, 0.717) is 24.1 Å². The van der Waals surface area contributed by atoms with Crippen molar-refractivity contribution in [1.82, 2.24) is 9.78 Å². The van der Waals surface area contributed by atoms with E-state index in [2.05, 4.69) is 5.10 Å². The van der Waals surface area contributed by atoms with Crippen molar-refractivity contribution in [2.45, 2.75) is 6.54 Å². The zero-order valence-corrected chi connectivity index (χ0v) is 9.85. The lowest BCUT2D eigenvalue weighted by molar-refractivity contribution is -0.384. The van der Waals surface area contributed by atoms with Crippen molar-refractivity contribution in [3.05, 3.63) is 33.5 Å². The molecule has 90 valence electrons. The first-order chi connectivity index (χ1) is 8.11. The summed E-state index contributed by atoms with van der Waals surface area (Å²) in [4.78, 5) is 10.2. The average molecular weight is 256 g/mol. The summed E-state index contributed by atoms with van der Waals surface area (Å²) in [5.41, 5.74) is 0.530. The third-order valence-electron chi connectivity index (χ3n) is 2.34. The Morgan fingerprint density at radius 3 is 3.00 bits per heavy atom. The van der Waals surface area contributed by atoms with E-state index in [4.69, 9.17) is 16.3 Å². The van der Waals surface area contributed by atoms with Gasteiger partial charge in [-0.3, -0.25) is 14.8 Å². The van der Waals surface area contributed by atoms with Crippen LogP contribution in [0.2, 0.25) is 5.02 Å². The monoisotopic (exact) mass is 255 g/mol. The molecule has 0 bridgehead atoms. The molecule has 0 N–H and O–H groups in total. The maximum atomic E-state index is 10.7. The minimum Gasteiger partial charge on any atom is -0.383 e. The second-order valence-electron chi connectivity index (χ2n) is 3.50. The molecular weight excluding hydrogens is 246 g/mol. The van der Waals surface area contributed by atoms with Gasteiger partial charge >= 0.3 is 0 Å². The van der Waals surface area contributed by atoms with Crippen molar-refractivity contribution in [3.63, 3.8) is 0 Å². The Morgan fingerprint density at radius 2 is 2.35 bits per heavy atom. The number of nitrogens with zero attached hydrogens (tertiary/aromatic N) is 3. The highest BCUT2D eigenvalue weighted by Gasteiger charge is 2.15. The first kappa shape index (κ1) is 11.8. The third-order valence-corrected chi connectivity index (χ3v) is 2.64. The Bertz CT molecular complexity index is 567. The van der Waals surface area contributed by atoms with Gasteiger partial charge in [-0.1, -0.05) is 11.6 Å². The lowest BCUT2D eigenvalue weighted by Crippen LogP contribution is -2.03. The number of aromatic nitrogens is 2. The third kappa shape index (κ3) is 2.37. The molecule has 0 aliphatic carbocycles. The molecule has 0 fully saturated rings. The van der Waals surface area contributed by atoms with E-state index in [-0.39, 0.29) is 10.7 Å². The molecule has 0 aliphatic heterocycles. The summed E-state index contributed by atoms with van der Waals surface area (Å²) in [6.07, 6.45) is 1.73. The van der Waals surface area contributed by atoms with Crippen LogP contribution in [0.4, 0.5) is 5.69 Å². The molecule has 6 nitrogen and oxygen atoms in total. The van der Waals surface area contributed by atoms with Crippen LogP contribution in [0.3, 0.4) is 0 Å². The zero-order valence-electron chi connectivity index (χ0n) is 9.09. The molecule has 17 heavy (non-hydrogen) atoms. The number of nitro benzene ring substituents is 1. The summed E-state index contributed by atoms with van der Waals surface area (Å²) >= 11 is 5.80. The van der Waals surface area contributed by atoms with E-state index in [1.807, 2.05) is 0 Å². The Balaban J connectivity index is 2.43. The molecule has 0 saturated carbocycles. The van der Waals surface area contributed by atoms with Gasteiger partial charge in [-0.05, 0) is 6.07 Å². The number of fused-ring (bicyclic) bond motifs is 1. The molecule has 0 atom stereocenters. The molecule has 1 heterocycles. The highest BCUT2D eigenvalue weighted by molar-refractivity contribution is 6.33. The summed E-state index contributed by atoms with van der Waals surface area (Å²) in [6.45, 7) is 1.13. The summed E-state index contributed by atoms with van der Waals surface area (Å²) in [5.74, 6) is 0. The van der Waals surface area contributed by atoms with Crippen LogP contribution in [-0.2, 0) is 11.3 Å². The Kier molecular flexibility index (Phi) is 3.26. The van der Waals surface area contributed by atoms with E-state index in [0.717, 1.165) is 0 Å². The van der Waals surface area contributed by atoms with Gasteiger partial charge in [0.1, 0.15) is 5.02 Å². The lowest BCUT2D eigenvalue weighted by atomic mass is 10.2. The fourth-order valence-electron chi connectivity index (χ4n) is 1.52. The quantitative estimate of drug-likeness (QED) is 0.621. The number of rotatable bonds is 4. The minimum atomic E-state index is -0.506. The molecule has 0 amide bonds. The summed E-state index contributed by atoms with van der Waals surface area (Å²) in [5, 5.41) is 15.7. The first-order valence-corrected chi connectivity index (χ1v) is 5.29. The van der Waals surface area contributed by atoms with Crippen LogP contribution in [-0.4, -0.2) is 28.4 Å². The van der Waals surface area contributed by atoms with Gasteiger partial charge in [0.15, 0.2) is 0 Å². The normalized spacial score (nSPS) is 10.9. The number of benzene rings is 1. The summed E-state index contributed by atoms with van der Waals surface area (Å²) in [6, 6.07) is 2.92. The Hall–Kier alpha value is -1.66. The van der Waals surface area contributed by atoms with Gasteiger partial charge in [-0.25, -0.2) is 0 Å². The molecule has 2 rings (SSSR count). The molecule has 2 aromatic rings. The van der Waals surface area contributed by atoms with Gasteiger partial charge in [0, 0.05) is 24.8 Å². The second-order valence-corrected chi connectivity index (χ2v) is 3.91. The van der Waals surface area contributed by atoms with Gasteiger partial charge in [-0.2, -0.15) is 5.10 Å². The van der Waals surface area contributed by atoms with Crippen LogP contribution in [0.15, 0.2) is 18.3 Å². The molecule has 0 saturated heterocycles. The molecule has 1 aromatic heterocycles. The SMILES string of the molecule is COCCn1cc2cc([N+](=O)[O-])c(Cl)cc2n1. The highest BCUT2D eigenvalue weighted by atomic mass is 35.5. The van der Waals surface area contributed by atoms with Crippen LogP contribution < -0.4 is 0 Å². The van der Waals surface area contributed by atoms with E-state index < -0.39 is 4.92 Å². The standard InChI is InChI=1S/C10H10ClN3O3/c1-17-3-2-13-6-7-4-10(14(15)16)8(11)5-9(7)12-13/h4-6H,2-3H2,1H3. The van der Waals surface area contributed by atoms with Crippen molar-refractivity contribution < 1.29 is 9.66 Å². The number of hydrogen-bond donors (Lipinski definition) is 0. The van der Waals surface area contributed by atoms with Gasteiger partial charge in [0.05, 0.1) is 23.6 Å². The molecular formula is C10H10ClN3O3. The predicted octanol–water partition coefficient (Wildman–Crippen LogP) is 2.24. The summed E-state index contributed by atoms with van der Waals surface area (Å²) < 4.78 is 6.61. The fraction of sp³-hybridized carbons (Fsp3) is 0.300. The topological polar surface area (TPSA) is 70.2 Å². The van der Waals surface area contributed by atoms with Crippen molar-refractivity contribution in [1.29, 1.82) is 0 Å². The van der Waals surface area contributed by atoms with E-state index in [9.17, 15) is 10.1 Å². The lowest BCUT2D eigenvalue weighted by Gasteiger charge is -1.97. The fourth-order valence-corrected chi connectivity index (χ4v) is 1.75. The van der Waals surface area contributed by atoms with Crippen LogP contribution in [0.1, 0.15) is 0 Å². The molecule has 0 unspecified atom stereocenters. The van der Waals surface area contributed by atoms with Crippen LogP contribution in [0.5, 0.6) is 0 Å². The van der Waals surface area contributed by atoms with Crippen molar-refractivity contribution in [2.75, 3.05) is 13.7 Å². The van der Waals surface area contributed by atoms with Crippen LogP contribution >= 0.6 is 11.6 Å². The minimum absolute atomic E-state index is 0.0968. The number of ether oxygens (including phenoxy) is 1. The second kappa shape index (κ2) is 4.68. The average Bonchev–Trinajstić information content (AvgIpc) is 2.66. The number of halogens is 1. The molecule has 0 spiro atoms. The van der Waals surface area contributed by atoms with Crippen molar-refractivity contribution >= 4 is 28.2 Å². The number of methoxy groups -OCH3 is 1.